The van der Waals surface area contributed by atoms with Crippen molar-refractivity contribution >= 4 is 5.91 Å². The molecule has 0 aromatic carbocycles. The third-order valence-electron chi connectivity index (χ3n) is 3.73. The van der Waals surface area contributed by atoms with Crippen molar-refractivity contribution in [3.05, 3.63) is 0 Å². The molecule has 0 unspecified atom stereocenters. The maximum atomic E-state index is 12.7. The molecule has 78 valence electrons. The van der Waals surface area contributed by atoms with Gasteiger partial charge in [-0.05, 0) is 18.3 Å². The summed E-state index contributed by atoms with van der Waals surface area (Å²) in [6, 6.07) is 0. The molecule has 2 aliphatic heterocycles. The van der Waals surface area contributed by atoms with E-state index in [0.717, 1.165) is 26.2 Å². The Balaban J connectivity index is 1.62. The van der Waals surface area contributed by atoms with Crippen molar-refractivity contribution in [2.75, 3.05) is 26.2 Å². The van der Waals surface area contributed by atoms with Crippen LogP contribution in [0.5, 0.6) is 0 Å². The summed E-state index contributed by atoms with van der Waals surface area (Å²) in [6.07, 6.45) is -0.385. The standard InChI is InChI=1S/C10H15FN2O/c11-9-1-8(9)10(14)13-4-6-2-12-3-7(6)5-13/h6-9,12H,1-5H2/t6-,7+,8-,9-/m1/s1. The molecule has 2 saturated heterocycles. The summed E-state index contributed by atoms with van der Waals surface area (Å²) < 4.78 is 12.7. The number of amides is 1. The van der Waals surface area contributed by atoms with Crippen LogP contribution in [0.3, 0.4) is 0 Å². The van der Waals surface area contributed by atoms with Gasteiger partial charge in [-0.2, -0.15) is 0 Å². The third kappa shape index (κ3) is 1.24. The number of carbonyl (C=O) groups is 1. The first-order valence-corrected chi connectivity index (χ1v) is 5.39. The number of hydrogen-bond acceptors (Lipinski definition) is 2. The summed E-state index contributed by atoms with van der Waals surface area (Å²) in [7, 11) is 0. The molecular formula is C10H15FN2O. The molecule has 0 aromatic heterocycles. The van der Waals surface area contributed by atoms with Crippen LogP contribution in [0.15, 0.2) is 0 Å². The number of nitrogens with zero attached hydrogens (tertiary/aromatic N) is 1. The summed E-state index contributed by atoms with van der Waals surface area (Å²) in [5.74, 6) is 1.01. The summed E-state index contributed by atoms with van der Waals surface area (Å²) in [5.41, 5.74) is 0. The molecule has 4 atom stereocenters. The highest BCUT2D eigenvalue weighted by atomic mass is 19.1. The number of fused-ring (bicyclic) bond motifs is 1. The highest BCUT2D eigenvalue weighted by Gasteiger charge is 2.48. The van der Waals surface area contributed by atoms with E-state index in [9.17, 15) is 9.18 Å². The Kier molecular flexibility index (Phi) is 1.81. The minimum absolute atomic E-state index is 0.0619. The SMILES string of the molecule is O=C([C@@H]1C[C@H]1F)N1C[C@H]2CNC[C@H]2C1. The molecular weight excluding hydrogens is 183 g/mol. The van der Waals surface area contributed by atoms with E-state index in [-0.39, 0.29) is 11.8 Å². The summed E-state index contributed by atoms with van der Waals surface area (Å²) in [4.78, 5) is 13.6. The monoisotopic (exact) mass is 198 g/mol. The van der Waals surface area contributed by atoms with Gasteiger partial charge < -0.3 is 10.2 Å². The van der Waals surface area contributed by atoms with Gasteiger partial charge in [0.1, 0.15) is 6.17 Å². The number of halogens is 1. The Morgan fingerprint density at radius 2 is 1.86 bits per heavy atom. The average Bonchev–Trinajstić information content (AvgIpc) is 2.62. The fourth-order valence-corrected chi connectivity index (χ4v) is 2.69. The lowest BCUT2D eigenvalue weighted by molar-refractivity contribution is -0.132. The van der Waals surface area contributed by atoms with Crippen LogP contribution in [0.1, 0.15) is 6.42 Å². The van der Waals surface area contributed by atoms with Gasteiger partial charge in [0.2, 0.25) is 5.91 Å². The molecule has 1 aliphatic carbocycles. The zero-order valence-electron chi connectivity index (χ0n) is 8.08. The number of carbonyl (C=O) groups excluding carboxylic acids is 1. The number of rotatable bonds is 1. The van der Waals surface area contributed by atoms with Gasteiger partial charge in [-0.3, -0.25) is 4.79 Å². The van der Waals surface area contributed by atoms with Crippen molar-refractivity contribution in [1.82, 2.24) is 10.2 Å². The van der Waals surface area contributed by atoms with Crippen LogP contribution in [0.2, 0.25) is 0 Å². The molecule has 0 radical (unpaired) electrons. The van der Waals surface area contributed by atoms with Crippen LogP contribution < -0.4 is 5.32 Å². The Morgan fingerprint density at radius 1 is 1.29 bits per heavy atom. The molecule has 1 N–H and O–H groups in total. The predicted octanol–water partition coefficient (Wildman–Crippen LogP) is 0.0222. The number of alkyl halides is 1. The van der Waals surface area contributed by atoms with Gasteiger partial charge >= 0.3 is 0 Å². The van der Waals surface area contributed by atoms with Crippen molar-refractivity contribution in [3.8, 4) is 0 Å². The first-order chi connectivity index (χ1) is 6.75. The molecule has 1 saturated carbocycles. The lowest BCUT2D eigenvalue weighted by Gasteiger charge is -2.16. The second kappa shape index (κ2) is 2.92. The molecule has 0 aromatic rings. The van der Waals surface area contributed by atoms with Gasteiger partial charge in [-0.25, -0.2) is 4.39 Å². The van der Waals surface area contributed by atoms with Crippen LogP contribution in [0, 0.1) is 17.8 Å². The maximum Gasteiger partial charge on any atom is 0.228 e. The predicted molar refractivity (Wildman–Crippen MR) is 49.4 cm³/mol. The highest BCUT2D eigenvalue weighted by molar-refractivity contribution is 5.82. The molecule has 0 bridgehead atoms. The molecule has 1 amide bonds. The molecule has 14 heavy (non-hydrogen) atoms. The van der Waals surface area contributed by atoms with Crippen molar-refractivity contribution in [2.24, 2.45) is 17.8 Å². The fourth-order valence-electron chi connectivity index (χ4n) is 2.69. The highest BCUT2D eigenvalue weighted by Crippen LogP contribution is 2.37. The van der Waals surface area contributed by atoms with Crippen LogP contribution in [0.25, 0.3) is 0 Å². The van der Waals surface area contributed by atoms with Gasteiger partial charge in [0.25, 0.3) is 0 Å². The smallest absolute Gasteiger partial charge is 0.228 e. The second-order valence-corrected chi connectivity index (χ2v) is 4.78. The van der Waals surface area contributed by atoms with Crippen LogP contribution in [-0.2, 0) is 4.79 Å². The van der Waals surface area contributed by atoms with Crippen molar-refractivity contribution < 1.29 is 9.18 Å². The van der Waals surface area contributed by atoms with Crippen LogP contribution in [0.4, 0.5) is 4.39 Å². The van der Waals surface area contributed by atoms with Gasteiger partial charge in [-0.15, -0.1) is 0 Å². The average molecular weight is 198 g/mol. The fraction of sp³-hybridized carbons (Fsp3) is 0.900. The lowest BCUT2D eigenvalue weighted by atomic mass is 10.0. The van der Waals surface area contributed by atoms with E-state index in [1.165, 1.54) is 0 Å². The van der Waals surface area contributed by atoms with Gasteiger partial charge in [0, 0.05) is 26.2 Å². The van der Waals surface area contributed by atoms with E-state index < -0.39 is 6.17 Å². The minimum Gasteiger partial charge on any atom is -0.342 e. The first kappa shape index (κ1) is 8.65. The molecule has 3 rings (SSSR count). The Morgan fingerprint density at radius 3 is 2.36 bits per heavy atom. The molecule has 3 aliphatic rings. The molecule has 3 nitrogen and oxygen atoms in total. The van der Waals surface area contributed by atoms with Crippen molar-refractivity contribution in [1.29, 1.82) is 0 Å². The largest absolute Gasteiger partial charge is 0.342 e. The minimum atomic E-state index is -0.846. The zero-order valence-corrected chi connectivity index (χ0v) is 8.08. The van der Waals surface area contributed by atoms with Gasteiger partial charge in [-0.1, -0.05) is 0 Å². The zero-order chi connectivity index (χ0) is 9.71. The molecule has 4 heteroatoms. The quantitative estimate of drug-likeness (QED) is 0.644. The topological polar surface area (TPSA) is 32.3 Å². The summed E-state index contributed by atoms with van der Waals surface area (Å²) in [6.45, 7) is 3.75. The number of nitrogens with one attached hydrogen (secondary N) is 1. The molecule has 2 heterocycles. The van der Waals surface area contributed by atoms with E-state index in [4.69, 9.17) is 0 Å². The summed E-state index contributed by atoms with van der Waals surface area (Å²) in [5, 5.41) is 3.33. The van der Waals surface area contributed by atoms with Crippen LogP contribution in [-0.4, -0.2) is 43.2 Å². The van der Waals surface area contributed by atoms with E-state index in [2.05, 4.69) is 5.32 Å². The summed E-state index contributed by atoms with van der Waals surface area (Å²) >= 11 is 0. The molecule has 0 spiro atoms. The number of likely N-dealkylation sites (tertiary alicyclic amines) is 1. The van der Waals surface area contributed by atoms with E-state index in [1.54, 1.807) is 0 Å². The molecule has 3 fully saturated rings. The van der Waals surface area contributed by atoms with E-state index in [1.807, 2.05) is 4.90 Å². The third-order valence-corrected chi connectivity index (χ3v) is 3.73. The normalized spacial score (nSPS) is 45.4. The van der Waals surface area contributed by atoms with E-state index in [0.29, 0.717) is 18.3 Å². The Bertz CT molecular complexity index is 259. The van der Waals surface area contributed by atoms with Crippen molar-refractivity contribution in [2.45, 2.75) is 12.6 Å². The second-order valence-electron chi connectivity index (χ2n) is 4.78. The van der Waals surface area contributed by atoms with Gasteiger partial charge in [0.05, 0.1) is 5.92 Å². The van der Waals surface area contributed by atoms with Gasteiger partial charge in [0.15, 0.2) is 0 Å². The Labute approximate surface area is 82.6 Å². The first-order valence-electron chi connectivity index (χ1n) is 5.39. The van der Waals surface area contributed by atoms with E-state index >= 15 is 0 Å². The maximum absolute atomic E-state index is 12.7. The lowest BCUT2D eigenvalue weighted by Crippen LogP contribution is -2.33. The Hall–Kier alpha value is -0.640. The van der Waals surface area contributed by atoms with Crippen molar-refractivity contribution in [3.63, 3.8) is 0 Å². The van der Waals surface area contributed by atoms with Crippen LogP contribution >= 0.6 is 0 Å². The number of hydrogen-bond donors (Lipinski definition) is 1.